The van der Waals surface area contributed by atoms with Crippen LogP contribution in [0.4, 0.5) is 18.9 Å². The molecule has 0 fully saturated rings. The zero-order valence-electron chi connectivity index (χ0n) is 17.7. The Bertz CT molecular complexity index is 1410. The van der Waals surface area contributed by atoms with Crippen molar-refractivity contribution in [3.8, 4) is 0 Å². The van der Waals surface area contributed by atoms with Crippen LogP contribution in [0.1, 0.15) is 27.2 Å². The molecule has 0 bridgehead atoms. The smallest absolute Gasteiger partial charge is 0.332 e. The Balaban J connectivity index is 1.91. The van der Waals surface area contributed by atoms with E-state index < -0.39 is 29.1 Å². The minimum atomic E-state index is -4.93. The Morgan fingerprint density at radius 3 is 2.32 bits per heavy atom. The van der Waals surface area contributed by atoms with E-state index in [-0.39, 0.29) is 22.5 Å². The van der Waals surface area contributed by atoms with Crippen LogP contribution in [-0.2, 0) is 17.5 Å². The molecule has 1 aromatic heterocycles. The van der Waals surface area contributed by atoms with E-state index in [1.807, 2.05) is 0 Å². The number of para-hydroxylation sites is 1. The van der Waals surface area contributed by atoms with Crippen molar-refractivity contribution >= 4 is 51.5 Å². The molecule has 0 spiro atoms. The number of Topliss-reactive ketones (excluding diaryl/α,β-unsaturated/α-hetero) is 1. The lowest BCUT2D eigenvalue weighted by Gasteiger charge is -2.15. The zero-order valence-corrected chi connectivity index (χ0v) is 19.2. The number of aryl methyl sites for hydroxylation is 1. The number of ketones is 1. The fourth-order valence-corrected chi connectivity index (χ4v) is 4.27. The number of benzene rings is 3. The van der Waals surface area contributed by atoms with Gasteiger partial charge in [-0.2, -0.15) is 13.2 Å². The summed E-state index contributed by atoms with van der Waals surface area (Å²) in [6.07, 6.45) is -4.93. The summed E-state index contributed by atoms with van der Waals surface area (Å²) in [6, 6.07) is 17.1. The molecule has 9 heteroatoms. The molecule has 34 heavy (non-hydrogen) atoms. The first-order valence-electron chi connectivity index (χ1n) is 10.1. The third-order valence-corrected chi connectivity index (χ3v) is 5.88. The Morgan fingerprint density at radius 1 is 0.971 bits per heavy atom. The van der Waals surface area contributed by atoms with Gasteiger partial charge in [0.1, 0.15) is 5.69 Å². The van der Waals surface area contributed by atoms with E-state index >= 15 is 0 Å². The Labute approximate surface area is 202 Å². The van der Waals surface area contributed by atoms with Gasteiger partial charge < -0.3 is 9.88 Å². The first-order chi connectivity index (χ1) is 16.1. The highest BCUT2D eigenvalue weighted by atomic mass is 35.5. The number of aromatic nitrogens is 1. The van der Waals surface area contributed by atoms with Gasteiger partial charge in [-0.15, -0.1) is 0 Å². The molecule has 0 radical (unpaired) electrons. The van der Waals surface area contributed by atoms with Gasteiger partial charge in [0.05, 0.1) is 5.56 Å². The van der Waals surface area contributed by atoms with Gasteiger partial charge in [-0.05, 0) is 48.9 Å². The number of nitrogens with one attached hydrogen (secondary N) is 1. The van der Waals surface area contributed by atoms with Crippen molar-refractivity contribution in [2.45, 2.75) is 19.6 Å². The first kappa shape index (κ1) is 23.9. The Morgan fingerprint density at radius 2 is 1.68 bits per heavy atom. The normalized spacial score (nSPS) is 11.6. The highest BCUT2D eigenvalue weighted by Gasteiger charge is 2.42. The number of rotatable bonds is 5. The van der Waals surface area contributed by atoms with Crippen LogP contribution in [0, 0.1) is 6.92 Å². The lowest BCUT2D eigenvalue weighted by molar-refractivity contribution is -0.143. The quantitative estimate of drug-likeness (QED) is 0.232. The number of hydrogen-bond donors (Lipinski definition) is 1. The number of nitrogens with zero attached hydrogens (tertiary/aromatic N) is 1. The van der Waals surface area contributed by atoms with Crippen LogP contribution in [0.15, 0.2) is 66.7 Å². The molecule has 0 saturated carbocycles. The third kappa shape index (κ3) is 4.67. The minimum Gasteiger partial charge on any atom is -0.332 e. The topological polar surface area (TPSA) is 51.1 Å². The summed E-state index contributed by atoms with van der Waals surface area (Å²) in [6.45, 7) is 1.41. The summed E-state index contributed by atoms with van der Waals surface area (Å²) < 4.78 is 44.2. The molecule has 1 N–H and O–H groups in total. The number of fused-ring (bicyclic) bond motifs is 1. The van der Waals surface area contributed by atoms with Gasteiger partial charge in [0, 0.05) is 33.2 Å². The molecule has 0 aliphatic carbocycles. The summed E-state index contributed by atoms with van der Waals surface area (Å²) in [5.41, 5.74) is -0.457. The summed E-state index contributed by atoms with van der Waals surface area (Å²) in [5, 5.41) is 2.93. The van der Waals surface area contributed by atoms with E-state index in [0.717, 1.165) is 4.57 Å². The maximum Gasteiger partial charge on any atom is 0.432 e. The second-order valence-electron chi connectivity index (χ2n) is 7.71. The highest BCUT2D eigenvalue weighted by molar-refractivity contribution is 6.48. The third-order valence-electron chi connectivity index (χ3n) is 5.30. The van der Waals surface area contributed by atoms with E-state index in [1.54, 1.807) is 31.2 Å². The van der Waals surface area contributed by atoms with Crippen molar-refractivity contribution in [3.63, 3.8) is 0 Å². The molecule has 1 heterocycles. The van der Waals surface area contributed by atoms with Crippen molar-refractivity contribution in [1.82, 2.24) is 4.57 Å². The second-order valence-corrected chi connectivity index (χ2v) is 8.56. The Kier molecular flexibility index (Phi) is 6.43. The number of carbonyl (C=O) groups is 2. The van der Waals surface area contributed by atoms with E-state index in [1.165, 1.54) is 42.5 Å². The molecule has 4 nitrogen and oxygen atoms in total. The van der Waals surface area contributed by atoms with Gasteiger partial charge in [0.25, 0.3) is 11.7 Å². The fourth-order valence-electron chi connectivity index (χ4n) is 3.80. The van der Waals surface area contributed by atoms with Crippen LogP contribution in [-0.4, -0.2) is 16.3 Å². The van der Waals surface area contributed by atoms with Gasteiger partial charge in [-0.3, -0.25) is 9.59 Å². The predicted molar refractivity (Wildman–Crippen MR) is 127 cm³/mol. The average Bonchev–Trinajstić information content (AvgIpc) is 3.09. The summed E-state index contributed by atoms with van der Waals surface area (Å²) in [4.78, 5) is 25.9. The van der Waals surface area contributed by atoms with E-state index in [9.17, 15) is 22.8 Å². The average molecular weight is 505 g/mol. The van der Waals surface area contributed by atoms with E-state index in [2.05, 4.69) is 5.32 Å². The van der Waals surface area contributed by atoms with Gasteiger partial charge in [0.2, 0.25) is 0 Å². The number of halogens is 5. The molecular formula is C25H17Cl2F3N2O2. The van der Waals surface area contributed by atoms with Gasteiger partial charge in [-0.1, -0.05) is 59.1 Å². The summed E-state index contributed by atoms with van der Waals surface area (Å²) >= 11 is 12.1. The van der Waals surface area contributed by atoms with Gasteiger partial charge in [-0.25, -0.2) is 0 Å². The van der Waals surface area contributed by atoms with Crippen LogP contribution in [0.3, 0.4) is 0 Å². The van der Waals surface area contributed by atoms with Crippen LogP contribution in [0.25, 0.3) is 10.9 Å². The molecule has 0 atom stereocenters. The van der Waals surface area contributed by atoms with Crippen LogP contribution in [0.5, 0.6) is 0 Å². The number of anilines is 1. The number of hydrogen-bond acceptors (Lipinski definition) is 2. The molecule has 1 amide bonds. The predicted octanol–water partition coefficient (Wildman–Crippen LogP) is 7.15. The molecule has 0 aliphatic heterocycles. The maximum atomic E-state index is 14.4. The van der Waals surface area contributed by atoms with Crippen molar-refractivity contribution < 1.29 is 22.8 Å². The molecule has 3 aromatic carbocycles. The second kappa shape index (κ2) is 9.16. The zero-order chi connectivity index (χ0) is 24.6. The molecule has 0 unspecified atom stereocenters. The molecule has 4 aromatic rings. The first-order valence-corrected chi connectivity index (χ1v) is 10.9. The highest BCUT2D eigenvalue weighted by Crippen LogP contribution is 2.40. The van der Waals surface area contributed by atoms with Crippen LogP contribution in [0.2, 0.25) is 10.0 Å². The van der Waals surface area contributed by atoms with Crippen molar-refractivity contribution in [2.24, 2.45) is 0 Å². The van der Waals surface area contributed by atoms with E-state index in [4.69, 9.17) is 23.2 Å². The lowest BCUT2D eigenvalue weighted by atomic mass is 10.0. The molecule has 174 valence electrons. The van der Waals surface area contributed by atoms with Crippen molar-refractivity contribution in [3.05, 3.63) is 99.2 Å². The molecule has 0 saturated heterocycles. The monoisotopic (exact) mass is 504 g/mol. The molecular weight excluding hydrogens is 488 g/mol. The van der Waals surface area contributed by atoms with Crippen LogP contribution < -0.4 is 5.32 Å². The molecule has 4 rings (SSSR count). The van der Waals surface area contributed by atoms with Crippen molar-refractivity contribution in [2.75, 3.05) is 5.32 Å². The SMILES string of the molecule is Cc1ccc2c(c1)c(C(=O)C(=O)Nc1ccccc1)c(C(F)(F)F)n2Cc1ccc(Cl)cc1Cl. The standard InChI is InChI=1S/C25H17Cl2F3N2O2/c1-14-7-10-20-18(11-14)21(22(33)24(34)31-17-5-3-2-4-6-17)23(25(28,29)30)32(20)13-15-8-9-16(26)12-19(15)27/h2-12H,13H2,1H3,(H,31,34). The van der Waals surface area contributed by atoms with E-state index in [0.29, 0.717) is 21.8 Å². The number of carbonyl (C=O) groups excluding carboxylic acids is 2. The Hall–Kier alpha value is -3.29. The number of amides is 1. The lowest BCUT2D eigenvalue weighted by Crippen LogP contribution is -2.26. The summed E-state index contributed by atoms with van der Waals surface area (Å²) in [7, 11) is 0. The largest absolute Gasteiger partial charge is 0.432 e. The van der Waals surface area contributed by atoms with Crippen LogP contribution >= 0.6 is 23.2 Å². The van der Waals surface area contributed by atoms with Crippen molar-refractivity contribution in [1.29, 1.82) is 0 Å². The summed E-state index contributed by atoms with van der Waals surface area (Å²) in [5.74, 6) is -2.45. The van der Waals surface area contributed by atoms with Gasteiger partial charge >= 0.3 is 6.18 Å². The molecule has 0 aliphatic rings. The van der Waals surface area contributed by atoms with Gasteiger partial charge in [0.15, 0.2) is 0 Å². The maximum absolute atomic E-state index is 14.4. The minimum absolute atomic E-state index is 0.0330. The number of alkyl halides is 3. The fraction of sp³-hybridized carbons (Fsp3) is 0.120.